The average molecular weight is 351 g/mol. The molecule has 0 radical (unpaired) electrons. The number of nitrogens with zero attached hydrogens (tertiary/aromatic N) is 3. The SMILES string of the molecule is COc1cc(C)c(CN2CCc3nc(C(F)(F)F)ncc3C2)cc1C. The quantitative estimate of drug-likeness (QED) is 0.846. The van der Waals surface area contributed by atoms with E-state index in [0.717, 1.165) is 29.0 Å². The lowest BCUT2D eigenvalue weighted by molar-refractivity contribution is -0.145. The topological polar surface area (TPSA) is 38.2 Å². The second kappa shape index (κ2) is 6.63. The van der Waals surface area contributed by atoms with Crippen molar-refractivity contribution in [1.82, 2.24) is 14.9 Å². The maximum absolute atomic E-state index is 12.7. The maximum atomic E-state index is 12.7. The van der Waals surface area contributed by atoms with Gasteiger partial charge in [-0.05, 0) is 36.6 Å². The maximum Gasteiger partial charge on any atom is 0.451 e. The lowest BCUT2D eigenvalue weighted by Crippen LogP contribution is -2.31. The minimum atomic E-state index is -4.50. The molecule has 2 heterocycles. The van der Waals surface area contributed by atoms with E-state index in [1.165, 1.54) is 11.8 Å². The normalized spacial score (nSPS) is 15.1. The summed E-state index contributed by atoms with van der Waals surface area (Å²) in [7, 11) is 1.65. The van der Waals surface area contributed by atoms with E-state index in [4.69, 9.17) is 4.74 Å². The number of methoxy groups -OCH3 is 1. The van der Waals surface area contributed by atoms with Gasteiger partial charge in [0.2, 0.25) is 5.82 Å². The first kappa shape index (κ1) is 17.7. The van der Waals surface area contributed by atoms with Crippen LogP contribution in [0.4, 0.5) is 13.2 Å². The molecule has 0 spiro atoms. The first-order chi connectivity index (χ1) is 11.8. The number of alkyl halides is 3. The van der Waals surface area contributed by atoms with E-state index < -0.39 is 12.0 Å². The Bertz CT molecular complexity index is 790. The molecule has 4 nitrogen and oxygen atoms in total. The highest BCUT2D eigenvalue weighted by atomic mass is 19.4. The Hall–Kier alpha value is -2.15. The second-order valence-corrected chi connectivity index (χ2v) is 6.37. The zero-order chi connectivity index (χ0) is 18.2. The Balaban J connectivity index is 1.77. The minimum Gasteiger partial charge on any atom is -0.496 e. The van der Waals surface area contributed by atoms with Gasteiger partial charge in [0.15, 0.2) is 0 Å². The van der Waals surface area contributed by atoms with Crippen LogP contribution in [0.3, 0.4) is 0 Å². The van der Waals surface area contributed by atoms with E-state index in [1.54, 1.807) is 7.11 Å². The van der Waals surface area contributed by atoms with Gasteiger partial charge in [-0.25, -0.2) is 9.97 Å². The standard InChI is InChI=1S/C18H20F3N3O/c1-11-7-16(25-3)12(2)6-13(11)9-24-5-4-15-14(10-24)8-22-17(23-15)18(19,20)21/h6-8H,4-5,9-10H2,1-3H3. The van der Waals surface area contributed by atoms with Crippen molar-refractivity contribution in [2.75, 3.05) is 13.7 Å². The third-order valence-electron chi connectivity index (χ3n) is 4.51. The molecule has 1 aliphatic heterocycles. The molecule has 2 aromatic rings. The first-order valence-corrected chi connectivity index (χ1v) is 8.06. The van der Waals surface area contributed by atoms with Crippen LogP contribution in [0.25, 0.3) is 0 Å². The number of halogens is 3. The summed E-state index contributed by atoms with van der Waals surface area (Å²) in [5, 5.41) is 0. The Morgan fingerprint density at radius 2 is 1.96 bits per heavy atom. The lowest BCUT2D eigenvalue weighted by atomic mass is 10.0. The van der Waals surface area contributed by atoms with Crippen LogP contribution in [-0.4, -0.2) is 28.5 Å². The summed E-state index contributed by atoms with van der Waals surface area (Å²) >= 11 is 0. The number of rotatable bonds is 3. The summed E-state index contributed by atoms with van der Waals surface area (Å²) < 4.78 is 43.5. The summed E-state index contributed by atoms with van der Waals surface area (Å²) in [6.07, 6.45) is -2.69. The Labute approximate surface area is 144 Å². The molecule has 7 heteroatoms. The monoisotopic (exact) mass is 351 g/mol. The largest absolute Gasteiger partial charge is 0.496 e. The van der Waals surface area contributed by atoms with E-state index in [-0.39, 0.29) is 0 Å². The van der Waals surface area contributed by atoms with Crippen LogP contribution in [0, 0.1) is 13.8 Å². The van der Waals surface area contributed by atoms with Gasteiger partial charge in [0.05, 0.1) is 12.8 Å². The van der Waals surface area contributed by atoms with Gasteiger partial charge in [-0.1, -0.05) is 6.07 Å². The molecule has 1 aliphatic rings. The summed E-state index contributed by atoms with van der Waals surface area (Å²) in [6.45, 7) is 5.99. The van der Waals surface area contributed by atoms with Crippen molar-refractivity contribution < 1.29 is 17.9 Å². The van der Waals surface area contributed by atoms with Gasteiger partial charge in [0, 0.05) is 37.8 Å². The fraction of sp³-hybridized carbons (Fsp3) is 0.444. The first-order valence-electron chi connectivity index (χ1n) is 8.06. The summed E-state index contributed by atoms with van der Waals surface area (Å²) in [6, 6.07) is 4.12. The molecule has 0 aliphatic carbocycles. The number of hydrogen-bond donors (Lipinski definition) is 0. The van der Waals surface area contributed by atoms with Gasteiger partial charge in [-0.3, -0.25) is 4.90 Å². The molecule has 0 amide bonds. The van der Waals surface area contributed by atoms with Gasteiger partial charge in [0.25, 0.3) is 0 Å². The van der Waals surface area contributed by atoms with Gasteiger partial charge < -0.3 is 4.74 Å². The van der Waals surface area contributed by atoms with Crippen LogP contribution in [0.15, 0.2) is 18.3 Å². The summed E-state index contributed by atoms with van der Waals surface area (Å²) in [5.74, 6) is -0.195. The van der Waals surface area contributed by atoms with Crippen LogP contribution >= 0.6 is 0 Å². The van der Waals surface area contributed by atoms with E-state index in [0.29, 0.717) is 25.2 Å². The highest BCUT2D eigenvalue weighted by Gasteiger charge is 2.35. The van der Waals surface area contributed by atoms with Crippen molar-refractivity contribution in [2.45, 2.75) is 39.5 Å². The number of ether oxygens (including phenoxy) is 1. The molecule has 0 atom stereocenters. The van der Waals surface area contributed by atoms with Crippen LogP contribution in [0.1, 0.15) is 33.8 Å². The highest BCUT2D eigenvalue weighted by Crippen LogP contribution is 2.29. The third-order valence-corrected chi connectivity index (χ3v) is 4.51. The molecular weight excluding hydrogens is 331 g/mol. The van der Waals surface area contributed by atoms with Crippen molar-refractivity contribution in [3.05, 3.63) is 52.1 Å². The lowest BCUT2D eigenvalue weighted by Gasteiger charge is -2.29. The highest BCUT2D eigenvalue weighted by molar-refractivity contribution is 5.41. The number of benzene rings is 1. The molecule has 25 heavy (non-hydrogen) atoms. The Morgan fingerprint density at radius 3 is 2.64 bits per heavy atom. The second-order valence-electron chi connectivity index (χ2n) is 6.37. The summed E-state index contributed by atoms with van der Waals surface area (Å²) in [4.78, 5) is 9.38. The molecule has 134 valence electrons. The molecule has 1 aromatic carbocycles. The zero-order valence-corrected chi connectivity index (χ0v) is 14.4. The Kier molecular flexibility index (Phi) is 4.69. The molecule has 0 unspecified atom stereocenters. The van der Waals surface area contributed by atoms with Crippen molar-refractivity contribution >= 4 is 0 Å². The molecular formula is C18H20F3N3O. The van der Waals surface area contributed by atoms with Crippen molar-refractivity contribution in [2.24, 2.45) is 0 Å². The number of hydrogen-bond acceptors (Lipinski definition) is 4. The van der Waals surface area contributed by atoms with Crippen molar-refractivity contribution in [1.29, 1.82) is 0 Å². The van der Waals surface area contributed by atoms with Crippen LogP contribution in [0.5, 0.6) is 5.75 Å². The van der Waals surface area contributed by atoms with Gasteiger partial charge in [0.1, 0.15) is 5.75 Å². The van der Waals surface area contributed by atoms with E-state index >= 15 is 0 Å². The molecule has 1 aromatic heterocycles. The average Bonchev–Trinajstić information content (AvgIpc) is 2.56. The molecule has 3 rings (SSSR count). The zero-order valence-electron chi connectivity index (χ0n) is 14.4. The number of aryl methyl sites for hydroxylation is 2. The molecule has 0 N–H and O–H groups in total. The molecule has 0 saturated heterocycles. The fourth-order valence-electron chi connectivity index (χ4n) is 3.13. The fourth-order valence-corrected chi connectivity index (χ4v) is 3.13. The number of fused-ring (bicyclic) bond motifs is 1. The van der Waals surface area contributed by atoms with Crippen molar-refractivity contribution in [3.63, 3.8) is 0 Å². The smallest absolute Gasteiger partial charge is 0.451 e. The van der Waals surface area contributed by atoms with Crippen LogP contribution < -0.4 is 4.74 Å². The van der Waals surface area contributed by atoms with E-state index in [1.807, 2.05) is 19.9 Å². The third kappa shape index (κ3) is 3.76. The Morgan fingerprint density at radius 1 is 1.20 bits per heavy atom. The summed E-state index contributed by atoms with van der Waals surface area (Å²) in [5.41, 5.74) is 4.66. The minimum absolute atomic E-state index is 0.495. The molecule has 0 bridgehead atoms. The van der Waals surface area contributed by atoms with Crippen LogP contribution in [0.2, 0.25) is 0 Å². The van der Waals surface area contributed by atoms with Crippen molar-refractivity contribution in [3.8, 4) is 5.75 Å². The molecule has 0 fully saturated rings. The van der Waals surface area contributed by atoms with E-state index in [2.05, 4.69) is 20.9 Å². The van der Waals surface area contributed by atoms with Gasteiger partial charge in [-0.15, -0.1) is 0 Å². The number of aromatic nitrogens is 2. The predicted octanol–water partition coefficient (Wildman–Crippen LogP) is 3.68. The van der Waals surface area contributed by atoms with Crippen LogP contribution in [-0.2, 0) is 25.7 Å². The van der Waals surface area contributed by atoms with Gasteiger partial charge >= 0.3 is 6.18 Å². The van der Waals surface area contributed by atoms with E-state index in [9.17, 15) is 13.2 Å². The predicted molar refractivity (Wildman–Crippen MR) is 87.3 cm³/mol. The molecule has 0 saturated carbocycles. The van der Waals surface area contributed by atoms with Gasteiger partial charge in [-0.2, -0.15) is 13.2 Å².